The fourth-order valence-electron chi connectivity index (χ4n) is 5.79. The molecule has 0 bridgehead atoms. The first kappa shape index (κ1) is 28.2. The van der Waals surface area contributed by atoms with Gasteiger partial charge in [-0.05, 0) is 74.7 Å². The highest BCUT2D eigenvalue weighted by Gasteiger charge is 2.52. The van der Waals surface area contributed by atoms with Crippen LogP contribution in [0.2, 0.25) is 0 Å². The van der Waals surface area contributed by atoms with Crippen LogP contribution in [0.3, 0.4) is 0 Å². The first-order valence-corrected chi connectivity index (χ1v) is 13.1. The predicted molar refractivity (Wildman–Crippen MR) is 141 cm³/mol. The molecule has 3 atom stereocenters. The van der Waals surface area contributed by atoms with E-state index in [0.29, 0.717) is 17.1 Å². The summed E-state index contributed by atoms with van der Waals surface area (Å²) in [7, 11) is 0. The molecule has 198 valence electrons. The van der Waals surface area contributed by atoms with Crippen LogP contribution >= 0.6 is 0 Å². The fourth-order valence-corrected chi connectivity index (χ4v) is 5.79. The Hall–Kier alpha value is -2.34. The minimum Gasteiger partial charge on any atom is -0.335 e. The molecule has 0 radical (unpaired) electrons. The van der Waals surface area contributed by atoms with E-state index in [9.17, 15) is 18.0 Å². The van der Waals surface area contributed by atoms with Crippen LogP contribution in [0.4, 0.5) is 13.2 Å². The number of hydrogen-bond acceptors (Lipinski definition) is 2. The summed E-state index contributed by atoms with van der Waals surface area (Å²) >= 11 is 0. The third kappa shape index (κ3) is 6.13. The second-order valence-corrected chi connectivity index (χ2v) is 10.9. The van der Waals surface area contributed by atoms with Gasteiger partial charge in [0.1, 0.15) is 0 Å². The number of nitrogens with zero attached hydrogens (tertiary/aromatic N) is 2. The van der Waals surface area contributed by atoms with Crippen LogP contribution in [0.1, 0.15) is 64.9 Å². The Morgan fingerprint density at radius 2 is 1.89 bits per heavy atom. The average molecular weight is 503 g/mol. The molecule has 3 nitrogen and oxygen atoms in total. The van der Waals surface area contributed by atoms with Gasteiger partial charge in [-0.2, -0.15) is 13.2 Å². The predicted octanol–water partition coefficient (Wildman–Crippen LogP) is 7.14. The molecule has 3 unspecified atom stereocenters. The van der Waals surface area contributed by atoms with Gasteiger partial charge >= 0.3 is 6.18 Å². The standard InChI is InChI=1S/C30H41F3N2O/c1-7-27-18-29(22(4)5,14-16-34-15-13-25(19-34)24-11-9-8-10-12-24)28(36)35(27)20-26(21(2)3)17-23(6)30(31,32)33/h8-12,17,22,25,27H,2,6-7,13-16,18-20H2,1,3-5H3. The molecule has 0 spiro atoms. The molecule has 2 heterocycles. The molecule has 0 aliphatic carbocycles. The van der Waals surface area contributed by atoms with E-state index >= 15 is 0 Å². The maximum Gasteiger partial charge on any atom is 0.415 e. The number of amides is 1. The first-order chi connectivity index (χ1) is 16.9. The molecule has 2 aliphatic rings. The number of benzene rings is 1. The Kier molecular flexibility index (Phi) is 8.92. The second-order valence-electron chi connectivity index (χ2n) is 10.9. The molecule has 2 fully saturated rings. The van der Waals surface area contributed by atoms with E-state index in [0.717, 1.165) is 51.4 Å². The summed E-state index contributed by atoms with van der Waals surface area (Å²) in [6.07, 6.45) is -0.0739. The molecule has 6 heteroatoms. The Balaban J connectivity index is 1.75. The van der Waals surface area contributed by atoms with E-state index in [1.54, 1.807) is 11.8 Å². The van der Waals surface area contributed by atoms with Crippen molar-refractivity contribution in [1.29, 1.82) is 0 Å². The minimum atomic E-state index is -4.51. The zero-order valence-electron chi connectivity index (χ0n) is 22.2. The molecule has 0 aromatic heterocycles. The van der Waals surface area contributed by atoms with Crippen molar-refractivity contribution < 1.29 is 18.0 Å². The Morgan fingerprint density at radius 1 is 1.22 bits per heavy atom. The summed E-state index contributed by atoms with van der Waals surface area (Å²) in [5.74, 6) is 0.720. The molecule has 2 aliphatic heterocycles. The van der Waals surface area contributed by atoms with Gasteiger partial charge in [-0.15, -0.1) is 0 Å². The van der Waals surface area contributed by atoms with Gasteiger partial charge in [0, 0.05) is 24.7 Å². The quantitative estimate of drug-likeness (QED) is 0.318. The number of rotatable bonds is 10. The molecule has 0 saturated carbocycles. The van der Waals surface area contributed by atoms with E-state index in [4.69, 9.17) is 0 Å². The topological polar surface area (TPSA) is 23.6 Å². The number of carbonyl (C=O) groups excluding carboxylic acids is 1. The number of allylic oxidation sites excluding steroid dienone is 2. The molecule has 0 N–H and O–H groups in total. The highest BCUT2D eigenvalue weighted by atomic mass is 19.4. The van der Waals surface area contributed by atoms with E-state index in [2.05, 4.69) is 56.2 Å². The van der Waals surface area contributed by atoms with Crippen LogP contribution in [-0.4, -0.2) is 54.1 Å². The lowest BCUT2D eigenvalue weighted by atomic mass is 9.72. The minimum absolute atomic E-state index is 0.00236. The molecular weight excluding hydrogens is 461 g/mol. The fraction of sp³-hybridized carbons (Fsp3) is 0.567. The van der Waals surface area contributed by atoms with Gasteiger partial charge in [0.2, 0.25) is 5.91 Å². The van der Waals surface area contributed by atoms with Crippen molar-refractivity contribution >= 4 is 5.91 Å². The van der Waals surface area contributed by atoms with Crippen molar-refractivity contribution in [3.8, 4) is 0 Å². The Labute approximate surface area is 214 Å². The number of carbonyl (C=O) groups is 1. The van der Waals surface area contributed by atoms with Gasteiger partial charge in [-0.1, -0.05) is 69.8 Å². The average Bonchev–Trinajstić information content (AvgIpc) is 3.40. The molecule has 1 amide bonds. The zero-order valence-corrected chi connectivity index (χ0v) is 22.2. The van der Waals surface area contributed by atoms with E-state index in [1.807, 2.05) is 13.0 Å². The van der Waals surface area contributed by atoms with Crippen molar-refractivity contribution in [3.63, 3.8) is 0 Å². The number of hydrogen-bond donors (Lipinski definition) is 0. The van der Waals surface area contributed by atoms with Crippen LogP contribution in [0.15, 0.2) is 66.3 Å². The SMILES string of the molecule is C=C(C)C(=CC(=C)C(F)(F)F)CN1C(=O)C(CCN2CCC(c3ccccc3)C2)(C(C)C)CC1CC. The van der Waals surface area contributed by atoms with Crippen molar-refractivity contribution in [2.75, 3.05) is 26.2 Å². The van der Waals surface area contributed by atoms with Crippen molar-refractivity contribution in [2.24, 2.45) is 11.3 Å². The van der Waals surface area contributed by atoms with Gasteiger partial charge in [0.15, 0.2) is 0 Å². The van der Waals surface area contributed by atoms with Crippen LogP contribution in [0.5, 0.6) is 0 Å². The largest absolute Gasteiger partial charge is 0.415 e. The molecule has 3 rings (SSSR count). The highest BCUT2D eigenvalue weighted by molar-refractivity contribution is 5.86. The van der Waals surface area contributed by atoms with Gasteiger partial charge in [0.05, 0.1) is 5.41 Å². The van der Waals surface area contributed by atoms with E-state index in [1.165, 1.54) is 5.56 Å². The van der Waals surface area contributed by atoms with Gasteiger partial charge in [-0.25, -0.2) is 0 Å². The smallest absolute Gasteiger partial charge is 0.335 e. The van der Waals surface area contributed by atoms with Crippen molar-refractivity contribution in [1.82, 2.24) is 9.80 Å². The molecule has 1 aromatic carbocycles. The monoisotopic (exact) mass is 502 g/mol. The summed E-state index contributed by atoms with van der Waals surface area (Å²) in [5, 5.41) is 0. The Bertz CT molecular complexity index is 982. The molecule has 2 saturated heterocycles. The summed E-state index contributed by atoms with van der Waals surface area (Å²) in [6.45, 7) is 18.0. The van der Waals surface area contributed by atoms with Crippen molar-refractivity contribution in [2.45, 2.75) is 71.5 Å². The van der Waals surface area contributed by atoms with Gasteiger partial charge in [-0.3, -0.25) is 4.79 Å². The molecule has 36 heavy (non-hydrogen) atoms. The lowest BCUT2D eigenvalue weighted by molar-refractivity contribution is -0.139. The normalized spacial score (nSPS) is 25.7. The zero-order chi connectivity index (χ0) is 26.7. The summed E-state index contributed by atoms with van der Waals surface area (Å²) < 4.78 is 39.5. The first-order valence-electron chi connectivity index (χ1n) is 13.1. The number of halogens is 3. The third-order valence-electron chi connectivity index (χ3n) is 8.32. The van der Waals surface area contributed by atoms with Crippen LogP contribution in [0, 0.1) is 11.3 Å². The Morgan fingerprint density at radius 3 is 2.44 bits per heavy atom. The lowest BCUT2D eigenvalue weighted by Crippen LogP contribution is -2.42. The van der Waals surface area contributed by atoms with Crippen LogP contribution < -0.4 is 0 Å². The summed E-state index contributed by atoms with van der Waals surface area (Å²) in [4.78, 5) is 18.2. The number of alkyl halides is 3. The van der Waals surface area contributed by atoms with Crippen LogP contribution in [-0.2, 0) is 4.79 Å². The second kappa shape index (κ2) is 11.4. The maximum atomic E-state index is 14.0. The number of likely N-dealkylation sites (tertiary alicyclic amines) is 2. The van der Waals surface area contributed by atoms with Gasteiger partial charge in [0.25, 0.3) is 0 Å². The molecular formula is C30H41F3N2O. The van der Waals surface area contributed by atoms with Crippen LogP contribution in [0.25, 0.3) is 0 Å². The summed E-state index contributed by atoms with van der Waals surface area (Å²) in [6, 6.07) is 10.6. The van der Waals surface area contributed by atoms with E-state index < -0.39 is 17.2 Å². The summed E-state index contributed by atoms with van der Waals surface area (Å²) in [5.41, 5.74) is 0.875. The lowest BCUT2D eigenvalue weighted by Gasteiger charge is -2.33. The maximum absolute atomic E-state index is 14.0. The molecule has 1 aromatic rings. The highest BCUT2D eigenvalue weighted by Crippen LogP contribution is 2.47. The third-order valence-corrected chi connectivity index (χ3v) is 8.32. The van der Waals surface area contributed by atoms with E-state index in [-0.39, 0.29) is 24.4 Å². The van der Waals surface area contributed by atoms with Crippen molar-refractivity contribution in [3.05, 3.63) is 71.8 Å². The van der Waals surface area contributed by atoms with Gasteiger partial charge < -0.3 is 9.80 Å².